The number of piperidine rings is 1. The number of amides is 1. The summed E-state index contributed by atoms with van der Waals surface area (Å²) >= 11 is 12.2. The van der Waals surface area contributed by atoms with E-state index in [2.05, 4.69) is 0 Å². The Bertz CT molecular complexity index is 1010. The number of non-ortho nitro benzene ring substituents is 1. The first kappa shape index (κ1) is 19.7. The van der Waals surface area contributed by atoms with Gasteiger partial charge in [0.05, 0.1) is 21.9 Å². The van der Waals surface area contributed by atoms with Crippen LogP contribution < -0.4 is 4.74 Å². The van der Waals surface area contributed by atoms with E-state index in [0.717, 1.165) is 0 Å². The molecule has 29 heavy (non-hydrogen) atoms. The topological polar surface area (TPSA) is 89.8 Å². The standard InChI is InChI=1S/C20H16Cl2N2O5/c21-13-9-15-17(25)11-20(29-18(15)16(22)10-13)5-7-23(8-6-20)19(26)12-1-3-14(4-2-12)24(27)28/h1-4,9-10H,5-8,11H2. The van der Waals surface area contributed by atoms with Gasteiger partial charge >= 0.3 is 0 Å². The maximum atomic E-state index is 12.7. The van der Waals surface area contributed by atoms with Crippen molar-refractivity contribution in [3.05, 3.63) is 67.7 Å². The zero-order chi connectivity index (χ0) is 20.8. The first-order valence-electron chi connectivity index (χ1n) is 9.03. The molecule has 1 spiro atoms. The molecule has 0 radical (unpaired) electrons. The third-order valence-corrected chi connectivity index (χ3v) is 5.90. The monoisotopic (exact) mass is 434 g/mol. The van der Waals surface area contributed by atoms with Crippen LogP contribution in [0, 0.1) is 10.1 Å². The van der Waals surface area contributed by atoms with Gasteiger partial charge in [0.2, 0.25) is 0 Å². The van der Waals surface area contributed by atoms with Crippen molar-refractivity contribution in [2.75, 3.05) is 13.1 Å². The second-order valence-electron chi connectivity index (χ2n) is 7.25. The summed E-state index contributed by atoms with van der Waals surface area (Å²) in [7, 11) is 0. The maximum absolute atomic E-state index is 12.7. The molecule has 1 amide bonds. The van der Waals surface area contributed by atoms with Crippen LogP contribution in [-0.4, -0.2) is 40.2 Å². The van der Waals surface area contributed by atoms with E-state index in [0.29, 0.717) is 52.9 Å². The molecule has 0 atom stereocenters. The average molecular weight is 435 g/mol. The molecule has 2 aliphatic rings. The molecule has 150 valence electrons. The molecule has 0 N–H and O–H groups in total. The highest BCUT2D eigenvalue weighted by molar-refractivity contribution is 6.36. The van der Waals surface area contributed by atoms with Gasteiger partial charge < -0.3 is 9.64 Å². The summed E-state index contributed by atoms with van der Waals surface area (Å²) in [6.45, 7) is 0.813. The number of nitro benzene ring substituents is 1. The lowest BCUT2D eigenvalue weighted by Gasteiger charge is -2.44. The van der Waals surface area contributed by atoms with Gasteiger partial charge in [-0.3, -0.25) is 19.7 Å². The lowest BCUT2D eigenvalue weighted by atomic mass is 9.82. The van der Waals surface area contributed by atoms with Crippen molar-refractivity contribution in [2.24, 2.45) is 0 Å². The van der Waals surface area contributed by atoms with E-state index in [4.69, 9.17) is 27.9 Å². The Kier molecular flexibility index (Phi) is 4.96. The fraction of sp³-hybridized carbons (Fsp3) is 0.300. The third-order valence-electron chi connectivity index (χ3n) is 5.40. The number of halogens is 2. The molecule has 0 saturated carbocycles. The van der Waals surface area contributed by atoms with Crippen LogP contribution in [0.1, 0.15) is 40.0 Å². The van der Waals surface area contributed by atoms with Gasteiger partial charge in [-0.15, -0.1) is 0 Å². The molecule has 1 saturated heterocycles. The summed E-state index contributed by atoms with van der Waals surface area (Å²) in [6.07, 6.45) is 1.17. The van der Waals surface area contributed by atoms with Crippen molar-refractivity contribution in [3.63, 3.8) is 0 Å². The molecule has 2 aromatic carbocycles. The lowest BCUT2D eigenvalue weighted by Crippen LogP contribution is -2.52. The Labute approximate surface area is 176 Å². The highest BCUT2D eigenvalue weighted by Gasteiger charge is 2.44. The summed E-state index contributed by atoms with van der Waals surface area (Å²) in [5.74, 6) is 0.0651. The predicted molar refractivity (Wildman–Crippen MR) is 107 cm³/mol. The SMILES string of the molecule is O=C1CC2(CCN(C(=O)c3ccc([N+](=O)[O-])cc3)CC2)Oc2c(Cl)cc(Cl)cc21. The molecule has 0 aromatic heterocycles. The van der Waals surface area contributed by atoms with Crippen LogP contribution in [0.4, 0.5) is 5.69 Å². The number of hydrogen-bond acceptors (Lipinski definition) is 5. The van der Waals surface area contributed by atoms with Crippen LogP contribution in [0.5, 0.6) is 5.75 Å². The number of Topliss-reactive ketones (excluding diaryl/α,β-unsaturated/α-hetero) is 1. The van der Waals surface area contributed by atoms with Crippen molar-refractivity contribution in [1.82, 2.24) is 4.90 Å². The second-order valence-corrected chi connectivity index (χ2v) is 8.09. The van der Waals surface area contributed by atoms with E-state index in [-0.39, 0.29) is 23.8 Å². The number of fused-ring (bicyclic) bond motifs is 1. The fourth-order valence-corrected chi connectivity index (χ4v) is 4.35. The molecule has 7 nitrogen and oxygen atoms in total. The molecule has 1 fully saturated rings. The zero-order valence-corrected chi connectivity index (χ0v) is 16.7. The zero-order valence-electron chi connectivity index (χ0n) is 15.2. The summed E-state index contributed by atoms with van der Waals surface area (Å²) in [6, 6.07) is 8.63. The normalized spacial score (nSPS) is 17.6. The summed E-state index contributed by atoms with van der Waals surface area (Å²) in [5, 5.41) is 11.4. The minimum atomic E-state index is -0.701. The molecule has 0 aliphatic carbocycles. The van der Waals surface area contributed by atoms with E-state index >= 15 is 0 Å². The van der Waals surface area contributed by atoms with Crippen molar-refractivity contribution < 1.29 is 19.2 Å². The molecule has 2 aliphatic heterocycles. The number of hydrogen-bond donors (Lipinski definition) is 0. The fourth-order valence-electron chi connectivity index (χ4n) is 3.82. The predicted octanol–water partition coefficient (Wildman–Crippen LogP) is 4.54. The minimum absolute atomic E-state index is 0.0658. The maximum Gasteiger partial charge on any atom is 0.269 e. The molecular weight excluding hydrogens is 419 g/mol. The quantitative estimate of drug-likeness (QED) is 0.510. The lowest BCUT2D eigenvalue weighted by molar-refractivity contribution is -0.384. The number of rotatable bonds is 2. The summed E-state index contributed by atoms with van der Waals surface area (Å²) < 4.78 is 6.17. The molecule has 9 heteroatoms. The van der Waals surface area contributed by atoms with E-state index in [1.807, 2.05) is 0 Å². The van der Waals surface area contributed by atoms with E-state index in [9.17, 15) is 19.7 Å². The van der Waals surface area contributed by atoms with Crippen molar-refractivity contribution >= 4 is 40.6 Å². The Morgan fingerprint density at radius 3 is 2.41 bits per heavy atom. The summed E-state index contributed by atoms with van der Waals surface area (Å²) in [4.78, 5) is 37.3. The van der Waals surface area contributed by atoms with Crippen LogP contribution in [0.25, 0.3) is 0 Å². The molecule has 2 aromatic rings. The third kappa shape index (κ3) is 3.68. The highest BCUT2D eigenvalue weighted by atomic mass is 35.5. The smallest absolute Gasteiger partial charge is 0.269 e. The molecule has 2 heterocycles. The van der Waals surface area contributed by atoms with Crippen LogP contribution in [-0.2, 0) is 0 Å². The van der Waals surface area contributed by atoms with Gasteiger partial charge in [0.1, 0.15) is 11.4 Å². The van der Waals surface area contributed by atoms with Gasteiger partial charge in [-0.1, -0.05) is 23.2 Å². The van der Waals surface area contributed by atoms with Gasteiger partial charge in [-0.05, 0) is 24.3 Å². The number of carbonyl (C=O) groups is 2. The number of likely N-dealkylation sites (tertiary alicyclic amines) is 1. The van der Waals surface area contributed by atoms with Crippen molar-refractivity contribution in [2.45, 2.75) is 24.9 Å². The molecular formula is C20H16Cl2N2O5. The average Bonchev–Trinajstić information content (AvgIpc) is 2.69. The van der Waals surface area contributed by atoms with Gasteiger partial charge in [0.25, 0.3) is 11.6 Å². The van der Waals surface area contributed by atoms with Gasteiger partial charge in [-0.25, -0.2) is 0 Å². The van der Waals surface area contributed by atoms with Crippen molar-refractivity contribution in [3.8, 4) is 5.75 Å². The van der Waals surface area contributed by atoms with Crippen LogP contribution in [0.3, 0.4) is 0 Å². The van der Waals surface area contributed by atoms with Crippen LogP contribution in [0.15, 0.2) is 36.4 Å². The Morgan fingerprint density at radius 1 is 1.14 bits per heavy atom. The largest absolute Gasteiger partial charge is 0.484 e. The highest BCUT2D eigenvalue weighted by Crippen LogP contribution is 2.44. The molecule has 0 bridgehead atoms. The van der Waals surface area contributed by atoms with Gasteiger partial charge in [0, 0.05) is 48.6 Å². The number of carbonyl (C=O) groups excluding carboxylic acids is 2. The Morgan fingerprint density at radius 2 is 1.79 bits per heavy atom. The van der Waals surface area contributed by atoms with Crippen LogP contribution in [0.2, 0.25) is 10.0 Å². The number of ether oxygens (including phenoxy) is 1. The number of ketones is 1. The van der Waals surface area contributed by atoms with E-state index < -0.39 is 10.5 Å². The molecule has 4 rings (SSSR count). The Hall–Kier alpha value is -2.64. The van der Waals surface area contributed by atoms with Gasteiger partial charge in [-0.2, -0.15) is 0 Å². The summed E-state index contributed by atoms with van der Waals surface area (Å²) in [5.41, 5.74) is 0.00464. The first-order chi connectivity index (χ1) is 13.8. The molecule has 0 unspecified atom stereocenters. The number of benzene rings is 2. The van der Waals surface area contributed by atoms with Crippen molar-refractivity contribution in [1.29, 1.82) is 0 Å². The number of nitrogens with zero attached hydrogens (tertiary/aromatic N) is 2. The van der Waals surface area contributed by atoms with E-state index in [1.54, 1.807) is 17.0 Å². The Balaban J connectivity index is 1.48. The first-order valence-corrected chi connectivity index (χ1v) is 9.79. The second kappa shape index (κ2) is 7.31. The van der Waals surface area contributed by atoms with E-state index in [1.165, 1.54) is 24.3 Å². The minimum Gasteiger partial charge on any atom is -0.484 e. The van der Waals surface area contributed by atoms with Crippen LogP contribution >= 0.6 is 23.2 Å². The van der Waals surface area contributed by atoms with Gasteiger partial charge in [0.15, 0.2) is 5.78 Å². The number of nitro groups is 1.